The minimum absolute atomic E-state index is 1.17. The lowest BCUT2D eigenvalue weighted by Crippen LogP contribution is -2.32. The van der Waals surface area contributed by atoms with Gasteiger partial charge < -0.3 is 0 Å². The highest BCUT2D eigenvalue weighted by atomic mass is 15.1. The van der Waals surface area contributed by atoms with Crippen molar-refractivity contribution in [3.05, 3.63) is 30.6 Å². The van der Waals surface area contributed by atoms with Gasteiger partial charge in [0.15, 0.2) is 11.0 Å². The third kappa shape index (κ3) is 10.7. The van der Waals surface area contributed by atoms with Gasteiger partial charge in [0.25, 0.3) is 0 Å². The molecule has 0 spiro atoms. The number of benzene rings is 1. The summed E-state index contributed by atoms with van der Waals surface area (Å²) < 4.78 is 5.01. The monoisotopic (exact) mass is 427 g/mol. The molecule has 2 nitrogen and oxygen atoms in total. The molecule has 2 rings (SSSR count). The first-order chi connectivity index (χ1) is 15.4. The van der Waals surface area contributed by atoms with Crippen LogP contribution in [0.4, 0.5) is 0 Å². The summed E-state index contributed by atoms with van der Waals surface area (Å²) in [4.78, 5) is 0. The molecular formula is C29H51N2+. The second-order valence-corrected chi connectivity index (χ2v) is 9.65. The van der Waals surface area contributed by atoms with Gasteiger partial charge in [-0.1, -0.05) is 116 Å². The van der Waals surface area contributed by atoms with Gasteiger partial charge in [-0.05, 0) is 37.8 Å². The molecule has 0 fully saturated rings. The minimum atomic E-state index is 1.17. The predicted octanol–water partition coefficient (Wildman–Crippen LogP) is 8.99. The number of hydrogen-bond acceptors (Lipinski definition) is 0. The van der Waals surface area contributed by atoms with Gasteiger partial charge in [0.1, 0.15) is 0 Å². The average molecular weight is 428 g/mol. The number of aromatic nitrogens is 2. The van der Waals surface area contributed by atoms with Gasteiger partial charge in [0, 0.05) is 0 Å². The van der Waals surface area contributed by atoms with Crippen molar-refractivity contribution in [1.82, 2.24) is 4.57 Å². The van der Waals surface area contributed by atoms with Crippen molar-refractivity contribution in [2.45, 2.75) is 143 Å². The molecule has 0 N–H and O–H groups in total. The van der Waals surface area contributed by atoms with Crippen LogP contribution in [0, 0.1) is 0 Å². The number of unbranched alkanes of at least 4 members (excludes halogenated alkanes) is 16. The lowest BCUT2D eigenvalue weighted by molar-refractivity contribution is -0.672. The van der Waals surface area contributed by atoms with Crippen molar-refractivity contribution in [3.8, 4) is 0 Å². The van der Waals surface area contributed by atoms with Crippen LogP contribution in [-0.4, -0.2) is 4.57 Å². The number of aryl methyl sites for hydroxylation is 2. The van der Waals surface area contributed by atoms with Crippen LogP contribution in [0.1, 0.15) is 129 Å². The van der Waals surface area contributed by atoms with Gasteiger partial charge in [-0.15, -0.1) is 0 Å². The van der Waals surface area contributed by atoms with E-state index in [1.807, 2.05) is 0 Å². The summed E-state index contributed by atoms with van der Waals surface area (Å²) in [7, 11) is 0. The maximum atomic E-state index is 2.50. The van der Waals surface area contributed by atoms with Crippen LogP contribution in [0.3, 0.4) is 0 Å². The van der Waals surface area contributed by atoms with Crippen LogP contribution in [-0.2, 0) is 13.1 Å². The predicted molar refractivity (Wildman–Crippen MR) is 137 cm³/mol. The zero-order valence-corrected chi connectivity index (χ0v) is 20.9. The normalized spacial score (nSPS) is 11.5. The lowest BCUT2D eigenvalue weighted by atomic mass is 10.1. The molecule has 0 atom stereocenters. The van der Waals surface area contributed by atoms with E-state index in [-0.39, 0.29) is 0 Å². The first kappa shape index (κ1) is 25.9. The fourth-order valence-electron chi connectivity index (χ4n) is 4.78. The van der Waals surface area contributed by atoms with Crippen molar-refractivity contribution < 1.29 is 4.57 Å². The maximum Gasteiger partial charge on any atom is 0.244 e. The summed E-state index contributed by atoms with van der Waals surface area (Å²) >= 11 is 0. The topological polar surface area (TPSA) is 8.81 Å². The molecule has 1 aromatic heterocycles. The Labute approximate surface area is 193 Å². The molecule has 0 amide bonds. The van der Waals surface area contributed by atoms with Crippen LogP contribution in [0.15, 0.2) is 30.6 Å². The lowest BCUT2D eigenvalue weighted by Gasteiger charge is -2.02. The molecule has 0 saturated carbocycles. The highest BCUT2D eigenvalue weighted by molar-refractivity contribution is 5.71. The second kappa shape index (κ2) is 17.3. The molecule has 31 heavy (non-hydrogen) atoms. The third-order valence-electron chi connectivity index (χ3n) is 6.78. The molecule has 0 radical (unpaired) electrons. The molecule has 176 valence electrons. The molecule has 2 aromatic rings. The highest BCUT2D eigenvalue weighted by Crippen LogP contribution is 2.15. The smallest absolute Gasteiger partial charge is 0.230 e. The first-order valence-corrected chi connectivity index (χ1v) is 13.8. The molecule has 0 bridgehead atoms. The Morgan fingerprint density at radius 1 is 0.581 bits per heavy atom. The van der Waals surface area contributed by atoms with Gasteiger partial charge in [-0.25, -0.2) is 9.13 Å². The molecule has 1 aromatic carbocycles. The van der Waals surface area contributed by atoms with Crippen LogP contribution in [0.5, 0.6) is 0 Å². The summed E-state index contributed by atoms with van der Waals surface area (Å²) in [6, 6.07) is 8.99. The summed E-state index contributed by atoms with van der Waals surface area (Å²) in [5.41, 5.74) is 2.83. The van der Waals surface area contributed by atoms with Crippen LogP contribution >= 0.6 is 0 Å². The average Bonchev–Trinajstić information content (AvgIpc) is 3.14. The maximum absolute atomic E-state index is 2.50. The summed E-state index contributed by atoms with van der Waals surface area (Å²) in [5.74, 6) is 0. The molecule has 0 aliphatic heterocycles. The Kier molecular flexibility index (Phi) is 14.5. The second-order valence-electron chi connectivity index (χ2n) is 9.65. The van der Waals surface area contributed by atoms with Crippen molar-refractivity contribution in [3.63, 3.8) is 0 Å². The van der Waals surface area contributed by atoms with Crippen molar-refractivity contribution >= 4 is 11.0 Å². The Hall–Kier alpha value is -1.31. The van der Waals surface area contributed by atoms with E-state index in [2.05, 4.69) is 53.6 Å². The Morgan fingerprint density at radius 3 is 1.65 bits per heavy atom. The number of fused-ring (bicyclic) bond motifs is 1. The summed E-state index contributed by atoms with van der Waals surface area (Å²) in [6.45, 7) is 6.93. The fourth-order valence-corrected chi connectivity index (χ4v) is 4.78. The number of para-hydroxylation sites is 2. The van der Waals surface area contributed by atoms with Gasteiger partial charge >= 0.3 is 0 Å². The number of hydrogen-bond donors (Lipinski definition) is 0. The molecular weight excluding hydrogens is 376 g/mol. The van der Waals surface area contributed by atoms with Gasteiger partial charge in [-0.3, -0.25) is 0 Å². The largest absolute Gasteiger partial charge is 0.244 e. The third-order valence-corrected chi connectivity index (χ3v) is 6.78. The molecule has 1 heterocycles. The van der Waals surface area contributed by atoms with E-state index in [9.17, 15) is 0 Å². The standard InChI is InChI=1S/C29H51N2/c1-3-5-7-9-11-13-15-17-21-25-30-27-31(29-24-20-19-23-28(29)30)26-22-18-16-14-12-10-8-6-4-2/h19-20,23-24,27H,3-18,21-22,25-26H2,1-2H3/q+1. The van der Waals surface area contributed by atoms with Gasteiger partial charge in [0.05, 0.1) is 13.1 Å². The van der Waals surface area contributed by atoms with Crippen LogP contribution in [0.2, 0.25) is 0 Å². The SMILES string of the molecule is CCCCCCCCCCCn1c[n+](CCCCCCCCCCC)c2ccccc21. The van der Waals surface area contributed by atoms with E-state index in [0.717, 1.165) is 0 Å². The van der Waals surface area contributed by atoms with E-state index < -0.39 is 0 Å². The Bertz CT molecular complexity index is 616. The highest BCUT2D eigenvalue weighted by Gasteiger charge is 2.14. The van der Waals surface area contributed by atoms with E-state index in [1.165, 1.54) is 140 Å². The zero-order chi connectivity index (χ0) is 22.0. The number of rotatable bonds is 20. The molecule has 0 aliphatic carbocycles. The van der Waals surface area contributed by atoms with Gasteiger partial charge in [-0.2, -0.15) is 0 Å². The quantitative estimate of drug-likeness (QED) is 0.147. The molecule has 2 heteroatoms. The van der Waals surface area contributed by atoms with E-state index in [4.69, 9.17) is 0 Å². The van der Waals surface area contributed by atoms with E-state index >= 15 is 0 Å². The molecule has 0 unspecified atom stereocenters. The zero-order valence-electron chi connectivity index (χ0n) is 20.9. The van der Waals surface area contributed by atoms with Crippen molar-refractivity contribution in [2.75, 3.05) is 0 Å². The fraction of sp³-hybridized carbons (Fsp3) is 0.759. The first-order valence-electron chi connectivity index (χ1n) is 13.8. The number of imidazole rings is 1. The number of nitrogens with zero attached hydrogens (tertiary/aromatic N) is 2. The summed E-state index contributed by atoms with van der Waals surface area (Å²) in [5, 5.41) is 0. The van der Waals surface area contributed by atoms with Crippen LogP contribution < -0.4 is 4.57 Å². The molecule has 0 saturated heterocycles. The van der Waals surface area contributed by atoms with Crippen LogP contribution in [0.25, 0.3) is 11.0 Å². The van der Waals surface area contributed by atoms with Crippen molar-refractivity contribution in [2.24, 2.45) is 0 Å². The van der Waals surface area contributed by atoms with Gasteiger partial charge in [0.2, 0.25) is 6.33 Å². The Morgan fingerprint density at radius 2 is 1.06 bits per heavy atom. The Balaban J connectivity index is 1.65. The van der Waals surface area contributed by atoms with E-state index in [1.54, 1.807) is 0 Å². The van der Waals surface area contributed by atoms with Crippen molar-refractivity contribution in [1.29, 1.82) is 0 Å². The molecule has 0 aliphatic rings. The minimum Gasteiger partial charge on any atom is -0.230 e. The summed E-state index contributed by atoms with van der Waals surface area (Å²) in [6.07, 6.45) is 27.6. The van der Waals surface area contributed by atoms with E-state index in [0.29, 0.717) is 0 Å².